The Hall–Kier alpha value is -3.33. The van der Waals surface area contributed by atoms with Crippen molar-refractivity contribution >= 4 is 16.9 Å². The Bertz CT molecular complexity index is 1360. The molecule has 0 N–H and O–H groups in total. The molecule has 1 aromatic carbocycles. The molecule has 3 aromatic heterocycles. The summed E-state index contributed by atoms with van der Waals surface area (Å²) in [6, 6.07) is 7.62. The van der Waals surface area contributed by atoms with Crippen molar-refractivity contribution in [3.05, 3.63) is 56.5 Å². The van der Waals surface area contributed by atoms with E-state index in [2.05, 4.69) is 4.98 Å². The first-order valence-electron chi connectivity index (χ1n) is 9.82. The maximum atomic E-state index is 13.3. The number of aromatic nitrogens is 5. The minimum Gasteiger partial charge on any atom is -0.497 e. The van der Waals surface area contributed by atoms with Crippen LogP contribution >= 0.6 is 0 Å². The van der Waals surface area contributed by atoms with Gasteiger partial charge in [-0.05, 0) is 45.0 Å². The lowest BCUT2D eigenvalue weighted by atomic mass is 10.3. The molecule has 0 atom stereocenters. The minimum atomic E-state index is -0.404. The van der Waals surface area contributed by atoms with Crippen molar-refractivity contribution in [2.75, 3.05) is 20.3 Å². The second kappa shape index (κ2) is 7.49. The van der Waals surface area contributed by atoms with E-state index in [1.807, 2.05) is 54.0 Å². The van der Waals surface area contributed by atoms with Crippen LogP contribution in [0.15, 0.2) is 33.9 Å². The molecule has 0 bridgehead atoms. The monoisotopic (exact) mass is 411 g/mol. The first-order chi connectivity index (χ1) is 14.4. The fourth-order valence-corrected chi connectivity index (χ4v) is 3.79. The molecule has 0 fully saturated rings. The summed E-state index contributed by atoms with van der Waals surface area (Å²) in [4.78, 5) is 30.7. The van der Waals surface area contributed by atoms with Crippen LogP contribution in [0.1, 0.15) is 18.3 Å². The van der Waals surface area contributed by atoms with Crippen molar-refractivity contribution < 1.29 is 9.47 Å². The summed E-state index contributed by atoms with van der Waals surface area (Å²) >= 11 is 0. The van der Waals surface area contributed by atoms with Crippen molar-refractivity contribution in [3.63, 3.8) is 0 Å². The highest BCUT2D eigenvalue weighted by atomic mass is 16.5. The first kappa shape index (κ1) is 20.0. The molecular formula is C21H25N5O4. The molecule has 3 heterocycles. The van der Waals surface area contributed by atoms with Gasteiger partial charge in [-0.25, -0.2) is 4.79 Å². The quantitative estimate of drug-likeness (QED) is 0.452. The number of benzene rings is 1. The van der Waals surface area contributed by atoms with E-state index in [0.29, 0.717) is 30.2 Å². The third-order valence-electron chi connectivity index (χ3n) is 5.51. The highest BCUT2D eigenvalue weighted by Crippen LogP contribution is 2.25. The lowest BCUT2D eigenvalue weighted by molar-refractivity contribution is 0.137. The Kier molecular flexibility index (Phi) is 4.98. The van der Waals surface area contributed by atoms with Crippen molar-refractivity contribution in [1.82, 2.24) is 23.1 Å². The maximum absolute atomic E-state index is 13.3. The van der Waals surface area contributed by atoms with E-state index in [9.17, 15) is 9.59 Å². The number of methoxy groups -OCH3 is 1. The van der Waals surface area contributed by atoms with Crippen molar-refractivity contribution in [2.45, 2.75) is 27.3 Å². The van der Waals surface area contributed by atoms with E-state index in [0.717, 1.165) is 22.8 Å². The summed E-state index contributed by atoms with van der Waals surface area (Å²) in [7, 11) is 3.25. The molecule has 0 radical (unpaired) electrons. The van der Waals surface area contributed by atoms with Gasteiger partial charge in [0.15, 0.2) is 11.2 Å². The van der Waals surface area contributed by atoms with E-state index in [1.54, 1.807) is 14.2 Å². The predicted octanol–water partition coefficient (Wildman–Crippen LogP) is 1.80. The number of ether oxygens (including phenoxy) is 2. The van der Waals surface area contributed by atoms with E-state index < -0.39 is 5.69 Å². The molecule has 30 heavy (non-hydrogen) atoms. The average Bonchev–Trinajstić information content (AvgIpc) is 3.25. The van der Waals surface area contributed by atoms with Crippen molar-refractivity contribution in [1.29, 1.82) is 0 Å². The predicted molar refractivity (Wildman–Crippen MR) is 114 cm³/mol. The van der Waals surface area contributed by atoms with Gasteiger partial charge < -0.3 is 9.47 Å². The molecule has 0 amide bonds. The summed E-state index contributed by atoms with van der Waals surface area (Å²) < 4.78 is 17.0. The molecule has 0 saturated carbocycles. The largest absolute Gasteiger partial charge is 0.497 e. The highest BCUT2D eigenvalue weighted by Gasteiger charge is 2.23. The number of hydrogen-bond acceptors (Lipinski definition) is 5. The van der Waals surface area contributed by atoms with Crippen LogP contribution in [0.2, 0.25) is 0 Å². The van der Waals surface area contributed by atoms with Gasteiger partial charge in [-0.2, -0.15) is 4.98 Å². The number of fused-ring (bicyclic) bond motifs is 3. The molecule has 0 unspecified atom stereocenters. The molecule has 0 aliphatic carbocycles. The van der Waals surface area contributed by atoms with E-state index in [-0.39, 0.29) is 12.1 Å². The number of imidazole rings is 2. The van der Waals surface area contributed by atoms with Crippen LogP contribution in [0.4, 0.5) is 0 Å². The molecule has 158 valence electrons. The van der Waals surface area contributed by atoms with E-state index in [4.69, 9.17) is 9.47 Å². The van der Waals surface area contributed by atoms with Crippen molar-refractivity contribution in [3.8, 4) is 11.4 Å². The molecule has 9 heteroatoms. The van der Waals surface area contributed by atoms with Gasteiger partial charge in [-0.1, -0.05) is 0 Å². The highest BCUT2D eigenvalue weighted by molar-refractivity contribution is 5.77. The molecule has 4 rings (SSSR count). The summed E-state index contributed by atoms with van der Waals surface area (Å²) in [5, 5.41) is 0. The number of aryl methyl sites for hydroxylation is 2. The van der Waals surface area contributed by atoms with Gasteiger partial charge in [0.05, 0.1) is 20.3 Å². The van der Waals surface area contributed by atoms with Gasteiger partial charge in [-0.15, -0.1) is 0 Å². The molecular weight excluding hydrogens is 386 g/mol. The van der Waals surface area contributed by atoms with Crippen LogP contribution in [0.5, 0.6) is 5.75 Å². The van der Waals surface area contributed by atoms with Gasteiger partial charge in [0, 0.05) is 30.7 Å². The Labute approximate surface area is 172 Å². The molecule has 9 nitrogen and oxygen atoms in total. The third-order valence-corrected chi connectivity index (χ3v) is 5.51. The Morgan fingerprint density at radius 1 is 1.07 bits per heavy atom. The van der Waals surface area contributed by atoms with E-state index >= 15 is 0 Å². The van der Waals surface area contributed by atoms with Crippen molar-refractivity contribution in [2.24, 2.45) is 7.05 Å². The standard InChI is InChI=1S/C21H25N5O4/c1-6-30-12-11-24-19(27)17-18(23(4)21(24)28)22-20-25(13(2)14(3)26(17)20)15-7-9-16(29-5)10-8-15/h7-10H,6,11-12H2,1-5H3. The maximum Gasteiger partial charge on any atom is 0.332 e. The normalized spacial score (nSPS) is 11.6. The molecule has 0 saturated heterocycles. The van der Waals surface area contributed by atoms with Crippen LogP contribution in [0.25, 0.3) is 22.6 Å². The van der Waals surface area contributed by atoms with Gasteiger partial charge in [0.25, 0.3) is 5.56 Å². The summed E-state index contributed by atoms with van der Waals surface area (Å²) in [5.41, 5.74) is 2.71. The Balaban J connectivity index is 2.03. The fourth-order valence-electron chi connectivity index (χ4n) is 3.79. The van der Waals surface area contributed by atoms with Crippen LogP contribution in [-0.4, -0.2) is 43.4 Å². The fraction of sp³-hybridized carbons (Fsp3) is 0.381. The van der Waals surface area contributed by atoms with Crippen LogP contribution in [-0.2, 0) is 18.3 Å². The number of nitrogens with zero attached hydrogens (tertiary/aromatic N) is 5. The average molecular weight is 411 g/mol. The van der Waals surface area contributed by atoms with Gasteiger partial charge in [0.1, 0.15) is 5.75 Å². The first-order valence-corrected chi connectivity index (χ1v) is 9.82. The van der Waals surface area contributed by atoms with Crippen LogP contribution < -0.4 is 16.0 Å². The zero-order valence-corrected chi connectivity index (χ0v) is 17.8. The number of rotatable bonds is 6. The molecule has 0 aliphatic rings. The third kappa shape index (κ3) is 2.85. The van der Waals surface area contributed by atoms with E-state index in [1.165, 1.54) is 9.13 Å². The zero-order chi connectivity index (χ0) is 21.6. The SMILES string of the molecule is CCOCCn1c(=O)c2c(nc3n(-c4ccc(OC)cc4)c(C)c(C)n23)n(C)c1=O. The topological polar surface area (TPSA) is 84.7 Å². The second-order valence-electron chi connectivity index (χ2n) is 7.12. The van der Waals surface area contributed by atoms with Gasteiger partial charge in [-0.3, -0.25) is 22.9 Å². The number of hydrogen-bond donors (Lipinski definition) is 0. The Morgan fingerprint density at radius 3 is 2.40 bits per heavy atom. The summed E-state index contributed by atoms with van der Waals surface area (Å²) in [5.74, 6) is 1.34. The Morgan fingerprint density at radius 2 is 1.77 bits per heavy atom. The lowest BCUT2D eigenvalue weighted by Gasteiger charge is -2.09. The van der Waals surface area contributed by atoms with Gasteiger partial charge >= 0.3 is 5.69 Å². The summed E-state index contributed by atoms with van der Waals surface area (Å²) in [6.07, 6.45) is 0. The smallest absolute Gasteiger partial charge is 0.332 e. The molecule has 0 aliphatic heterocycles. The summed E-state index contributed by atoms with van der Waals surface area (Å²) in [6.45, 7) is 6.81. The van der Waals surface area contributed by atoms with Crippen LogP contribution in [0, 0.1) is 13.8 Å². The van der Waals surface area contributed by atoms with Crippen LogP contribution in [0.3, 0.4) is 0 Å². The lowest BCUT2D eigenvalue weighted by Crippen LogP contribution is -2.40. The zero-order valence-electron chi connectivity index (χ0n) is 17.8. The molecule has 4 aromatic rings. The second-order valence-corrected chi connectivity index (χ2v) is 7.12. The molecule has 0 spiro atoms. The van der Waals surface area contributed by atoms with Gasteiger partial charge in [0.2, 0.25) is 5.78 Å². The minimum absolute atomic E-state index is 0.194.